The Labute approximate surface area is 114 Å². The molecular formula is C14H15BrFNO. The van der Waals surface area contributed by atoms with Gasteiger partial charge < -0.3 is 9.73 Å². The summed E-state index contributed by atoms with van der Waals surface area (Å²) in [6.07, 6.45) is 0. The van der Waals surface area contributed by atoms with Gasteiger partial charge in [-0.3, -0.25) is 0 Å². The maximum absolute atomic E-state index is 13.4. The molecule has 1 N–H and O–H groups in total. The van der Waals surface area contributed by atoms with Gasteiger partial charge in [-0.25, -0.2) is 4.39 Å². The van der Waals surface area contributed by atoms with Crippen molar-refractivity contribution in [3.63, 3.8) is 0 Å². The van der Waals surface area contributed by atoms with Crippen LogP contribution in [-0.2, 0) is 0 Å². The molecule has 2 nitrogen and oxygen atoms in total. The summed E-state index contributed by atoms with van der Waals surface area (Å²) >= 11 is 3.46. The first kappa shape index (κ1) is 13.3. The number of aryl methyl sites for hydroxylation is 1. The Bertz CT molecular complexity index is 538. The number of halogens is 2. The minimum absolute atomic E-state index is 0.145. The first-order valence-corrected chi connectivity index (χ1v) is 6.65. The van der Waals surface area contributed by atoms with E-state index in [2.05, 4.69) is 21.2 Å². The van der Waals surface area contributed by atoms with Gasteiger partial charge in [0.25, 0.3) is 0 Å². The largest absolute Gasteiger partial charge is 0.464 e. The first-order chi connectivity index (χ1) is 8.61. The number of hydrogen-bond acceptors (Lipinski definition) is 2. The van der Waals surface area contributed by atoms with E-state index >= 15 is 0 Å². The van der Waals surface area contributed by atoms with E-state index in [1.54, 1.807) is 6.07 Å². The molecule has 18 heavy (non-hydrogen) atoms. The van der Waals surface area contributed by atoms with Crippen LogP contribution >= 0.6 is 15.9 Å². The molecule has 0 spiro atoms. The lowest BCUT2D eigenvalue weighted by molar-refractivity contribution is 0.433. The van der Waals surface area contributed by atoms with E-state index < -0.39 is 0 Å². The summed E-state index contributed by atoms with van der Waals surface area (Å²) in [6.45, 7) is 4.68. The smallest absolute Gasteiger partial charge is 0.125 e. The normalized spacial score (nSPS) is 12.7. The van der Waals surface area contributed by atoms with Crippen molar-refractivity contribution in [2.75, 3.05) is 6.54 Å². The first-order valence-electron chi connectivity index (χ1n) is 5.86. The Morgan fingerprint density at radius 3 is 2.72 bits per heavy atom. The van der Waals surface area contributed by atoms with Gasteiger partial charge in [0, 0.05) is 4.47 Å². The fraction of sp³-hybridized carbons (Fsp3) is 0.286. The molecule has 1 atom stereocenters. The van der Waals surface area contributed by atoms with Crippen LogP contribution in [0.2, 0.25) is 0 Å². The van der Waals surface area contributed by atoms with Gasteiger partial charge in [0.1, 0.15) is 17.3 Å². The molecular weight excluding hydrogens is 297 g/mol. The highest BCUT2D eigenvalue weighted by atomic mass is 79.9. The van der Waals surface area contributed by atoms with E-state index in [0.29, 0.717) is 0 Å². The summed E-state index contributed by atoms with van der Waals surface area (Å²) in [5, 5.41) is 3.31. The maximum Gasteiger partial charge on any atom is 0.125 e. The van der Waals surface area contributed by atoms with Crippen LogP contribution in [0.1, 0.15) is 30.0 Å². The quantitative estimate of drug-likeness (QED) is 0.916. The van der Waals surface area contributed by atoms with Gasteiger partial charge in [-0.1, -0.05) is 22.9 Å². The molecule has 0 bridgehead atoms. The SMILES string of the molecule is CCNC(c1ccc(C)o1)c1cc(F)ccc1Br. The van der Waals surface area contributed by atoms with Crippen LogP contribution in [0.3, 0.4) is 0 Å². The summed E-state index contributed by atoms with van der Waals surface area (Å²) < 4.78 is 19.9. The van der Waals surface area contributed by atoms with Gasteiger partial charge in [0.2, 0.25) is 0 Å². The lowest BCUT2D eigenvalue weighted by atomic mass is 10.0. The molecule has 2 rings (SSSR count). The average molecular weight is 312 g/mol. The summed E-state index contributed by atoms with van der Waals surface area (Å²) in [5.74, 6) is 1.39. The standard InChI is InChI=1S/C14H15BrFNO/c1-3-17-14(13-7-4-9(2)18-13)11-8-10(16)5-6-12(11)15/h4-8,14,17H,3H2,1-2H3. The van der Waals surface area contributed by atoms with Crippen molar-refractivity contribution in [2.24, 2.45) is 0 Å². The molecule has 1 heterocycles. The van der Waals surface area contributed by atoms with Crippen LogP contribution < -0.4 is 5.32 Å². The van der Waals surface area contributed by atoms with Crippen LogP contribution in [0, 0.1) is 12.7 Å². The van der Waals surface area contributed by atoms with Gasteiger partial charge in [-0.15, -0.1) is 0 Å². The highest BCUT2D eigenvalue weighted by Crippen LogP contribution is 2.30. The molecule has 0 radical (unpaired) electrons. The summed E-state index contributed by atoms with van der Waals surface area (Å²) in [6, 6.07) is 8.35. The number of nitrogens with one attached hydrogen (secondary N) is 1. The predicted octanol–water partition coefficient (Wildman–Crippen LogP) is 4.19. The third-order valence-electron chi connectivity index (χ3n) is 2.72. The summed E-state index contributed by atoms with van der Waals surface area (Å²) in [7, 11) is 0. The van der Waals surface area contributed by atoms with E-state index in [0.717, 1.165) is 28.1 Å². The van der Waals surface area contributed by atoms with E-state index in [4.69, 9.17) is 4.42 Å². The van der Waals surface area contributed by atoms with Crippen molar-refractivity contribution in [1.29, 1.82) is 0 Å². The van der Waals surface area contributed by atoms with Gasteiger partial charge >= 0.3 is 0 Å². The molecule has 2 aromatic rings. The van der Waals surface area contributed by atoms with Gasteiger partial charge in [0.15, 0.2) is 0 Å². The van der Waals surface area contributed by atoms with E-state index in [-0.39, 0.29) is 11.9 Å². The van der Waals surface area contributed by atoms with Gasteiger partial charge in [-0.05, 0) is 49.4 Å². The number of rotatable bonds is 4. The third kappa shape index (κ3) is 2.82. The van der Waals surface area contributed by atoms with E-state index in [1.165, 1.54) is 12.1 Å². The molecule has 0 fully saturated rings. The zero-order valence-corrected chi connectivity index (χ0v) is 11.9. The zero-order valence-electron chi connectivity index (χ0n) is 10.3. The highest BCUT2D eigenvalue weighted by molar-refractivity contribution is 9.10. The molecule has 1 unspecified atom stereocenters. The van der Waals surface area contributed by atoms with Crippen molar-refractivity contribution >= 4 is 15.9 Å². The lowest BCUT2D eigenvalue weighted by Gasteiger charge is -2.17. The highest BCUT2D eigenvalue weighted by Gasteiger charge is 2.19. The topological polar surface area (TPSA) is 25.2 Å². The van der Waals surface area contributed by atoms with E-state index in [1.807, 2.05) is 26.0 Å². The fourth-order valence-corrected chi connectivity index (χ4v) is 2.39. The molecule has 4 heteroatoms. The number of hydrogen-bond donors (Lipinski definition) is 1. The number of benzene rings is 1. The maximum atomic E-state index is 13.4. The van der Waals surface area contributed by atoms with Crippen molar-refractivity contribution in [3.05, 3.63) is 57.7 Å². The fourth-order valence-electron chi connectivity index (χ4n) is 1.91. The van der Waals surface area contributed by atoms with Crippen LogP contribution in [-0.4, -0.2) is 6.54 Å². The van der Waals surface area contributed by atoms with Crippen LogP contribution in [0.15, 0.2) is 39.2 Å². The Kier molecular flexibility index (Phi) is 4.19. The minimum Gasteiger partial charge on any atom is -0.464 e. The molecule has 96 valence electrons. The van der Waals surface area contributed by atoms with Crippen LogP contribution in [0.25, 0.3) is 0 Å². The molecule has 0 saturated heterocycles. The molecule has 0 amide bonds. The molecule has 1 aromatic carbocycles. The van der Waals surface area contributed by atoms with E-state index in [9.17, 15) is 4.39 Å². The second-order valence-corrected chi connectivity index (χ2v) is 4.96. The van der Waals surface area contributed by atoms with Crippen molar-refractivity contribution in [3.8, 4) is 0 Å². The van der Waals surface area contributed by atoms with Crippen LogP contribution in [0.4, 0.5) is 4.39 Å². The summed E-state index contributed by atoms with van der Waals surface area (Å²) in [4.78, 5) is 0. The molecule has 0 aliphatic heterocycles. The Morgan fingerprint density at radius 1 is 1.33 bits per heavy atom. The second-order valence-electron chi connectivity index (χ2n) is 4.10. The third-order valence-corrected chi connectivity index (χ3v) is 3.45. The Balaban J connectivity index is 2.44. The minimum atomic E-state index is -0.251. The van der Waals surface area contributed by atoms with Gasteiger partial charge in [0.05, 0.1) is 6.04 Å². The predicted molar refractivity (Wildman–Crippen MR) is 73.1 cm³/mol. The molecule has 0 aliphatic rings. The molecule has 0 saturated carbocycles. The van der Waals surface area contributed by atoms with Crippen molar-refractivity contribution < 1.29 is 8.81 Å². The lowest BCUT2D eigenvalue weighted by Crippen LogP contribution is -2.22. The Morgan fingerprint density at radius 2 is 2.11 bits per heavy atom. The average Bonchev–Trinajstić information content (AvgIpc) is 2.76. The van der Waals surface area contributed by atoms with Gasteiger partial charge in [-0.2, -0.15) is 0 Å². The Hall–Kier alpha value is -1.13. The summed E-state index contributed by atoms with van der Waals surface area (Å²) in [5.41, 5.74) is 0.839. The second kappa shape index (κ2) is 5.67. The monoisotopic (exact) mass is 311 g/mol. The van der Waals surface area contributed by atoms with Crippen molar-refractivity contribution in [2.45, 2.75) is 19.9 Å². The number of furan rings is 1. The van der Waals surface area contributed by atoms with Crippen molar-refractivity contribution in [1.82, 2.24) is 5.32 Å². The molecule has 1 aromatic heterocycles. The van der Waals surface area contributed by atoms with Crippen LogP contribution in [0.5, 0.6) is 0 Å². The zero-order chi connectivity index (χ0) is 13.1. The molecule has 0 aliphatic carbocycles.